The molecule has 0 aliphatic rings. The quantitative estimate of drug-likeness (QED) is 0.847. The lowest BCUT2D eigenvalue weighted by atomic mass is 10.0. The molecule has 0 bridgehead atoms. The fourth-order valence-electron chi connectivity index (χ4n) is 1.81. The first-order valence-corrected chi connectivity index (χ1v) is 6.71. The summed E-state index contributed by atoms with van der Waals surface area (Å²) >= 11 is 3.36. The monoisotopic (exact) mass is 339 g/mol. The molecule has 0 heterocycles. The summed E-state index contributed by atoms with van der Waals surface area (Å²) in [7, 11) is 3.25. The second-order valence-corrected chi connectivity index (χ2v) is 5.17. The summed E-state index contributed by atoms with van der Waals surface area (Å²) in [5.74, 6) is 0.708. The molecular formula is C13H17BrF3NO. The van der Waals surface area contributed by atoms with E-state index in [9.17, 15) is 13.2 Å². The van der Waals surface area contributed by atoms with Crippen molar-refractivity contribution < 1.29 is 17.9 Å². The smallest absolute Gasteiger partial charge is 0.389 e. The molecule has 0 fully saturated rings. The average molecular weight is 340 g/mol. The fraction of sp³-hybridized carbons (Fsp3) is 0.538. The Hall–Kier alpha value is -0.750. The molecule has 1 unspecified atom stereocenters. The van der Waals surface area contributed by atoms with E-state index >= 15 is 0 Å². The molecule has 0 saturated heterocycles. The number of nitrogens with one attached hydrogen (secondary N) is 1. The molecule has 0 aromatic heterocycles. The number of rotatable bonds is 6. The normalized spacial score (nSPS) is 13.4. The van der Waals surface area contributed by atoms with E-state index < -0.39 is 12.6 Å². The molecule has 1 N–H and O–H groups in total. The van der Waals surface area contributed by atoms with Crippen molar-refractivity contribution in [3.8, 4) is 5.75 Å². The Bertz CT molecular complexity index is 409. The van der Waals surface area contributed by atoms with Gasteiger partial charge in [0, 0.05) is 12.5 Å². The predicted octanol–water partition coefficient (Wildman–Crippen LogP) is 3.93. The zero-order valence-corrected chi connectivity index (χ0v) is 12.4. The van der Waals surface area contributed by atoms with E-state index in [2.05, 4.69) is 21.2 Å². The molecule has 6 heteroatoms. The highest BCUT2D eigenvalue weighted by molar-refractivity contribution is 9.10. The summed E-state index contributed by atoms with van der Waals surface area (Å²) in [6.07, 6.45) is -4.25. The summed E-state index contributed by atoms with van der Waals surface area (Å²) in [6, 6.07) is 5.34. The molecule has 0 spiro atoms. The summed E-state index contributed by atoms with van der Waals surface area (Å²) < 4.78 is 42.5. The molecule has 0 aliphatic heterocycles. The Morgan fingerprint density at radius 1 is 1.37 bits per heavy atom. The minimum Gasteiger partial charge on any atom is -0.496 e. The van der Waals surface area contributed by atoms with Gasteiger partial charge in [-0.3, -0.25) is 0 Å². The average Bonchev–Trinajstić information content (AvgIpc) is 2.33. The van der Waals surface area contributed by atoms with E-state index in [1.807, 2.05) is 12.1 Å². The third-order valence-corrected chi connectivity index (χ3v) is 3.50. The highest BCUT2D eigenvalue weighted by Gasteiger charge is 2.28. The van der Waals surface area contributed by atoms with Crippen molar-refractivity contribution in [3.05, 3.63) is 28.2 Å². The Balaban J connectivity index is 2.63. The third-order valence-electron chi connectivity index (χ3n) is 2.88. The van der Waals surface area contributed by atoms with Crippen LogP contribution in [0.2, 0.25) is 0 Å². The van der Waals surface area contributed by atoms with Crippen LogP contribution in [0.1, 0.15) is 18.4 Å². The fourth-order valence-corrected chi connectivity index (χ4v) is 2.40. The zero-order chi connectivity index (χ0) is 14.5. The van der Waals surface area contributed by atoms with Gasteiger partial charge in [-0.05, 0) is 53.5 Å². The van der Waals surface area contributed by atoms with Crippen LogP contribution < -0.4 is 10.1 Å². The molecule has 0 aliphatic carbocycles. The van der Waals surface area contributed by atoms with Crippen LogP contribution in [-0.4, -0.2) is 26.4 Å². The SMILES string of the molecule is CNC(CCC(F)(F)F)Cc1ccc(OC)c(Br)c1. The van der Waals surface area contributed by atoms with Gasteiger partial charge in [-0.2, -0.15) is 13.2 Å². The highest BCUT2D eigenvalue weighted by atomic mass is 79.9. The predicted molar refractivity (Wildman–Crippen MR) is 72.5 cm³/mol. The first-order valence-electron chi connectivity index (χ1n) is 5.92. The lowest BCUT2D eigenvalue weighted by Gasteiger charge is -2.17. The van der Waals surface area contributed by atoms with Crippen LogP contribution >= 0.6 is 15.9 Å². The zero-order valence-electron chi connectivity index (χ0n) is 10.9. The van der Waals surface area contributed by atoms with Gasteiger partial charge >= 0.3 is 6.18 Å². The molecular weight excluding hydrogens is 323 g/mol. The summed E-state index contributed by atoms with van der Waals surface area (Å²) in [6.45, 7) is 0. The van der Waals surface area contributed by atoms with Gasteiger partial charge in [0.2, 0.25) is 0 Å². The highest BCUT2D eigenvalue weighted by Crippen LogP contribution is 2.27. The van der Waals surface area contributed by atoms with Gasteiger partial charge in [-0.25, -0.2) is 0 Å². The van der Waals surface area contributed by atoms with Crippen molar-refractivity contribution in [2.75, 3.05) is 14.2 Å². The molecule has 19 heavy (non-hydrogen) atoms. The van der Waals surface area contributed by atoms with Gasteiger partial charge in [0.05, 0.1) is 11.6 Å². The van der Waals surface area contributed by atoms with Gasteiger partial charge in [0.25, 0.3) is 0 Å². The Labute approximate surface area is 119 Å². The maximum atomic E-state index is 12.2. The van der Waals surface area contributed by atoms with Gasteiger partial charge < -0.3 is 10.1 Å². The van der Waals surface area contributed by atoms with Crippen LogP contribution in [0.3, 0.4) is 0 Å². The lowest BCUT2D eigenvalue weighted by Crippen LogP contribution is -2.29. The van der Waals surface area contributed by atoms with Gasteiger partial charge in [0.15, 0.2) is 0 Å². The second kappa shape index (κ2) is 7.14. The van der Waals surface area contributed by atoms with E-state index in [4.69, 9.17) is 4.74 Å². The molecule has 108 valence electrons. The molecule has 1 atom stereocenters. The van der Waals surface area contributed by atoms with E-state index in [1.165, 1.54) is 0 Å². The van der Waals surface area contributed by atoms with Crippen LogP contribution in [0, 0.1) is 0 Å². The minimum absolute atomic E-state index is 0.0731. The molecule has 1 aromatic rings. The lowest BCUT2D eigenvalue weighted by molar-refractivity contribution is -0.136. The number of hydrogen-bond acceptors (Lipinski definition) is 2. The molecule has 1 rings (SSSR count). The van der Waals surface area contributed by atoms with Crippen LogP contribution in [0.5, 0.6) is 5.75 Å². The number of hydrogen-bond donors (Lipinski definition) is 1. The van der Waals surface area contributed by atoms with Crippen molar-refractivity contribution in [2.45, 2.75) is 31.5 Å². The number of halogens is 4. The van der Waals surface area contributed by atoms with Crippen molar-refractivity contribution in [3.63, 3.8) is 0 Å². The van der Waals surface area contributed by atoms with Crippen LogP contribution in [0.4, 0.5) is 13.2 Å². The largest absolute Gasteiger partial charge is 0.496 e. The maximum Gasteiger partial charge on any atom is 0.389 e. The maximum absolute atomic E-state index is 12.2. The van der Waals surface area contributed by atoms with E-state index in [-0.39, 0.29) is 12.5 Å². The van der Waals surface area contributed by atoms with Crippen LogP contribution in [0.25, 0.3) is 0 Å². The van der Waals surface area contributed by atoms with Crippen molar-refractivity contribution in [1.29, 1.82) is 0 Å². The summed E-state index contributed by atoms with van der Waals surface area (Å²) in [4.78, 5) is 0. The summed E-state index contributed by atoms with van der Waals surface area (Å²) in [5.41, 5.74) is 0.967. The van der Waals surface area contributed by atoms with Crippen LogP contribution in [0.15, 0.2) is 22.7 Å². The Morgan fingerprint density at radius 3 is 2.53 bits per heavy atom. The first kappa shape index (κ1) is 16.3. The molecule has 0 radical (unpaired) electrons. The van der Waals surface area contributed by atoms with Crippen molar-refractivity contribution in [1.82, 2.24) is 5.32 Å². The number of likely N-dealkylation sites (N-methyl/N-ethyl adjacent to an activating group) is 1. The van der Waals surface area contributed by atoms with Gasteiger partial charge in [-0.15, -0.1) is 0 Å². The molecule has 0 saturated carbocycles. The number of benzene rings is 1. The second-order valence-electron chi connectivity index (χ2n) is 4.31. The first-order chi connectivity index (χ1) is 8.85. The third kappa shape index (κ3) is 5.82. The molecule has 0 amide bonds. The number of methoxy groups -OCH3 is 1. The van der Waals surface area contributed by atoms with Gasteiger partial charge in [0.1, 0.15) is 5.75 Å². The standard InChI is InChI=1S/C13H17BrF3NO/c1-18-10(5-6-13(15,16)17)7-9-3-4-12(19-2)11(14)8-9/h3-4,8,10,18H,5-7H2,1-2H3. The van der Waals surface area contributed by atoms with Crippen LogP contribution in [-0.2, 0) is 6.42 Å². The minimum atomic E-state index is -4.10. The number of alkyl halides is 3. The van der Waals surface area contributed by atoms with E-state index in [0.29, 0.717) is 12.2 Å². The topological polar surface area (TPSA) is 21.3 Å². The van der Waals surface area contributed by atoms with E-state index in [0.717, 1.165) is 10.0 Å². The number of ether oxygens (including phenoxy) is 1. The molecule has 1 aromatic carbocycles. The molecule has 2 nitrogen and oxygen atoms in total. The Kier molecular flexibility index (Phi) is 6.13. The Morgan fingerprint density at radius 2 is 2.05 bits per heavy atom. The van der Waals surface area contributed by atoms with E-state index in [1.54, 1.807) is 20.2 Å². The summed E-state index contributed by atoms with van der Waals surface area (Å²) in [5, 5.41) is 2.92. The van der Waals surface area contributed by atoms with Crippen molar-refractivity contribution in [2.24, 2.45) is 0 Å². The van der Waals surface area contributed by atoms with Crippen molar-refractivity contribution >= 4 is 15.9 Å². The van der Waals surface area contributed by atoms with Gasteiger partial charge in [-0.1, -0.05) is 6.07 Å².